The molecule has 1 fully saturated rings. The van der Waals surface area contributed by atoms with Crippen LogP contribution in [0.2, 0.25) is 10.0 Å². The SMILES string of the molecule is COC(=O)C1OC(c2ccc(Cl)c(Cl)c2)OC(CCO)C1O. The summed E-state index contributed by atoms with van der Waals surface area (Å²) in [5.41, 5.74) is 0.540. The number of carbonyl (C=O) groups excluding carboxylic acids is 1. The summed E-state index contributed by atoms with van der Waals surface area (Å²) in [5.74, 6) is -0.719. The molecule has 1 aliphatic heterocycles. The molecule has 1 aliphatic rings. The first kappa shape index (κ1) is 17.5. The van der Waals surface area contributed by atoms with Crippen LogP contribution in [-0.2, 0) is 19.0 Å². The third-order valence-corrected chi connectivity index (χ3v) is 4.06. The fourth-order valence-corrected chi connectivity index (χ4v) is 2.48. The van der Waals surface area contributed by atoms with Crippen LogP contribution in [0.4, 0.5) is 0 Å². The predicted molar refractivity (Wildman–Crippen MR) is 78.7 cm³/mol. The van der Waals surface area contributed by atoms with Crippen molar-refractivity contribution in [2.24, 2.45) is 0 Å². The molecule has 1 heterocycles. The zero-order chi connectivity index (χ0) is 16.3. The van der Waals surface area contributed by atoms with E-state index in [4.69, 9.17) is 37.8 Å². The van der Waals surface area contributed by atoms with Gasteiger partial charge >= 0.3 is 5.97 Å². The number of benzene rings is 1. The number of aliphatic hydroxyl groups excluding tert-OH is 2. The van der Waals surface area contributed by atoms with Gasteiger partial charge < -0.3 is 24.4 Å². The van der Waals surface area contributed by atoms with Gasteiger partial charge in [-0.05, 0) is 18.6 Å². The molecule has 122 valence electrons. The third kappa shape index (κ3) is 3.71. The molecule has 0 saturated carbocycles. The monoisotopic (exact) mass is 350 g/mol. The number of carbonyl (C=O) groups is 1. The lowest BCUT2D eigenvalue weighted by Crippen LogP contribution is -2.51. The van der Waals surface area contributed by atoms with Crippen molar-refractivity contribution in [2.45, 2.75) is 31.0 Å². The molecule has 4 unspecified atom stereocenters. The number of hydrogen-bond acceptors (Lipinski definition) is 6. The summed E-state index contributed by atoms with van der Waals surface area (Å²) in [7, 11) is 1.20. The molecule has 0 aromatic heterocycles. The molecule has 0 radical (unpaired) electrons. The second-order valence-corrected chi connectivity index (χ2v) is 5.58. The number of esters is 1. The molecule has 0 amide bonds. The Bertz CT molecular complexity index is 538. The van der Waals surface area contributed by atoms with Crippen LogP contribution in [0.15, 0.2) is 18.2 Å². The molecule has 22 heavy (non-hydrogen) atoms. The topological polar surface area (TPSA) is 85.2 Å². The smallest absolute Gasteiger partial charge is 0.337 e. The Morgan fingerprint density at radius 3 is 2.64 bits per heavy atom. The van der Waals surface area contributed by atoms with Crippen LogP contribution in [0, 0.1) is 0 Å². The van der Waals surface area contributed by atoms with Gasteiger partial charge in [-0.15, -0.1) is 0 Å². The van der Waals surface area contributed by atoms with Crippen LogP contribution < -0.4 is 0 Å². The number of ether oxygens (including phenoxy) is 3. The van der Waals surface area contributed by atoms with Gasteiger partial charge in [-0.2, -0.15) is 0 Å². The zero-order valence-electron chi connectivity index (χ0n) is 11.7. The van der Waals surface area contributed by atoms with Gasteiger partial charge in [0, 0.05) is 12.2 Å². The van der Waals surface area contributed by atoms with E-state index in [-0.39, 0.29) is 13.0 Å². The molecule has 6 nitrogen and oxygen atoms in total. The Morgan fingerprint density at radius 1 is 1.32 bits per heavy atom. The highest BCUT2D eigenvalue weighted by Crippen LogP contribution is 2.34. The van der Waals surface area contributed by atoms with Crippen LogP contribution >= 0.6 is 23.2 Å². The van der Waals surface area contributed by atoms with E-state index in [2.05, 4.69) is 4.74 Å². The summed E-state index contributed by atoms with van der Waals surface area (Å²) in [5, 5.41) is 19.9. The van der Waals surface area contributed by atoms with Gasteiger partial charge in [0.25, 0.3) is 0 Å². The van der Waals surface area contributed by atoms with Gasteiger partial charge in [-0.3, -0.25) is 0 Å². The van der Waals surface area contributed by atoms with Crippen molar-refractivity contribution in [3.05, 3.63) is 33.8 Å². The van der Waals surface area contributed by atoms with Crippen molar-refractivity contribution in [1.82, 2.24) is 0 Å². The van der Waals surface area contributed by atoms with Crippen LogP contribution in [0.5, 0.6) is 0 Å². The third-order valence-electron chi connectivity index (χ3n) is 3.32. The minimum Gasteiger partial charge on any atom is -0.467 e. The molecule has 1 aromatic rings. The van der Waals surface area contributed by atoms with Crippen molar-refractivity contribution >= 4 is 29.2 Å². The lowest BCUT2D eigenvalue weighted by Gasteiger charge is -2.38. The second-order valence-electron chi connectivity index (χ2n) is 4.76. The zero-order valence-corrected chi connectivity index (χ0v) is 13.3. The van der Waals surface area contributed by atoms with Crippen molar-refractivity contribution < 1.29 is 29.2 Å². The number of halogens is 2. The van der Waals surface area contributed by atoms with E-state index in [0.717, 1.165) is 0 Å². The summed E-state index contributed by atoms with van der Waals surface area (Å²) in [4.78, 5) is 11.8. The largest absolute Gasteiger partial charge is 0.467 e. The second kappa shape index (κ2) is 7.59. The van der Waals surface area contributed by atoms with Crippen LogP contribution in [0.25, 0.3) is 0 Å². The molecule has 0 aliphatic carbocycles. The molecule has 2 rings (SSSR count). The molecule has 8 heteroatoms. The summed E-state index contributed by atoms with van der Waals surface area (Å²) in [6, 6.07) is 4.77. The lowest BCUT2D eigenvalue weighted by atomic mass is 10.0. The summed E-state index contributed by atoms with van der Waals surface area (Å²) >= 11 is 11.8. The minimum absolute atomic E-state index is 0.149. The highest BCUT2D eigenvalue weighted by molar-refractivity contribution is 6.42. The average Bonchev–Trinajstić information content (AvgIpc) is 2.51. The normalized spacial score (nSPS) is 28.4. The van der Waals surface area contributed by atoms with E-state index < -0.39 is 30.6 Å². The van der Waals surface area contributed by atoms with E-state index in [1.54, 1.807) is 18.2 Å². The van der Waals surface area contributed by atoms with Gasteiger partial charge in [0.2, 0.25) is 0 Å². The quantitative estimate of drug-likeness (QED) is 0.803. The van der Waals surface area contributed by atoms with Crippen molar-refractivity contribution in [3.8, 4) is 0 Å². The molecule has 0 spiro atoms. The van der Waals surface area contributed by atoms with Gasteiger partial charge in [-0.1, -0.05) is 29.3 Å². The first-order chi connectivity index (χ1) is 10.5. The van der Waals surface area contributed by atoms with E-state index in [1.165, 1.54) is 7.11 Å². The molecule has 4 atom stereocenters. The Morgan fingerprint density at radius 2 is 2.05 bits per heavy atom. The van der Waals surface area contributed by atoms with Gasteiger partial charge in [0.1, 0.15) is 6.10 Å². The predicted octanol–water partition coefficient (Wildman–Crippen LogP) is 1.69. The van der Waals surface area contributed by atoms with E-state index in [1.807, 2.05) is 0 Å². The van der Waals surface area contributed by atoms with Gasteiger partial charge in [0.05, 0.1) is 23.3 Å². The van der Waals surface area contributed by atoms with E-state index in [9.17, 15) is 9.90 Å². The van der Waals surface area contributed by atoms with E-state index in [0.29, 0.717) is 15.6 Å². The average molecular weight is 351 g/mol. The molecule has 1 saturated heterocycles. The van der Waals surface area contributed by atoms with Gasteiger partial charge in [0.15, 0.2) is 12.4 Å². The Labute approximate surface area is 137 Å². The lowest BCUT2D eigenvalue weighted by molar-refractivity contribution is -0.288. The number of hydrogen-bond donors (Lipinski definition) is 2. The Kier molecular flexibility index (Phi) is 6.02. The fourth-order valence-electron chi connectivity index (χ4n) is 2.17. The Balaban J connectivity index is 2.26. The number of methoxy groups -OCH3 is 1. The molecule has 0 bridgehead atoms. The van der Waals surface area contributed by atoms with Crippen LogP contribution in [0.3, 0.4) is 0 Å². The number of rotatable bonds is 4. The molecule has 2 N–H and O–H groups in total. The van der Waals surface area contributed by atoms with Crippen LogP contribution in [-0.4, -0.2) is 48.2 Å². The maximum Gasteiger partial charge on any atom is 0.337 e. The number of aliphatic hydroxyl groups is 2. The van der Waals surface area contributed by atoms with Crippen molar-refractivity contribution in [3.63, 3.8) is 0 Å². The standard InChI is InChI=1S/C14H16Cl2O6/c1-20-13(19)12-11(18)10(4-5-17)21-14(22-12)7-2-3-8(15)9(16)6-7/h2-3,6,10-12,14,17-18H,4-5H2,1H3. The van der Waals surface area contributed by atoms with Gasteiger partial charge in [-0.25, -0.2) is 4.79 Å². The van der Waals surface area contributed by atoms with Crippen LogP contribution in [0.1, 0.15) is 18.3 Å². The first-order valence-electron chi connectivity index (χ1n) is 6.60. The molecular weight excluding hydrogens is 335 g/mol. The fraction of sp³-hybridized carbons (Fsp3) is 0.500. The Hall–Kier alpha value is -0.890. The highest BCUT2D eigenvalue weighted by Gasteiger charge is 2.43. The van der Waals surface area contributed by atoms with Crippen molar-refractivity contribution in [1.29, 1.82) is 0 Å². The summed E-state index contributed by atoms with van der Waals surface area (Å²) < 4.78 is 15.7. The molecule has 1 aromatic carbocycles. The first-order valence-corrected chi connectivity index (χ1v) is 7.36. The molecular formula is C14H16Cl2O6. The van der Waals surface area contributed by atoms with E-state index >= 15 is 0 Å². The summed E-state index contributed by atoms with van der Waals surface area (Å²) in [6.07, 6.45) is -4.01. The maximum absolute atomic E-state index is 11.8. The highest BCUT2D eigenvalue weighted by atomic mass is 35.5. The maximum atomic E-state index is 11.8. The van der Waals surface area contributed by atoms with Crippen molar-refractivity contribution in [2.75, 3.05) is 13.7 Å². The summed E-state index contributed by atoms with van der Waals surface area (Å²) in [6.45, 7) is -0.205. The minimum atomic E-state index is -1.24.